The van der Waals surface area contributed by atoms with Crippen LogP contribution in [-0.2, 0) is 6.54 Å². The lowest BCUT2D eigenvalue weighted by Crippen LogP contribution is -2.17. The lowest BCUT2D eigenvalue weighted by molar-refractivity contribution is -0.274. The normalized spacial score (nSPS) is 11.3. The van der Waals surface area contributed by atoms with Crippen molar-refractivity contribution < 1.29 is 22.6 Å². The maximum atomic E-state index is 12.2. The number of halogens is 4. The Kier molecular flexibility index (Phi) is 4.74. The van der Waals surface area contributed by atoms with E-state index in [0.29, 0.717) is 18.0 Å². The quantitative estimate of drug-likeness (QED) is 0.865. The van der Waals surface area contributed by atoms with Crippen molar-refractivity contribution in [2.75, 3.05) is 0 Å². The van der Waals surface area contributed by atoms with E-state index in [1.165, 1.54) is 18.2 Å². The molecule has 112 valence electrons. The number of hydrogen-bond donors (Lipinski definition) is 1. The van der Waals surface area contributed by atoms with E-state index in [1.54, 1.807) is 12.1 Å². The molecule has 0 amide bonds. The Bertz CT molecular complexity index is 632. The molecular formula is C14H11BrF3NO2. The highest BCUT2D eigenvalue weighted by atomic mass is 79.9. The molecule has 0 unspecified atom stereocenters. The molecule has 0 bridgehead atoms. The topological polar surface area (TPSA) is 44.5 Å². The summed E-state index contributed by atoms with van der Waals surface area (Å²) in [5.74, 6) is 0.593. The highest BCUT2D eigenvalue weighted by molar-refractivity contribution is 9.10. The highest BCUT2D eigenvalue weighted by Crippen LogP contribution is 2.35. The van der Waals surface area contributed by atoms with Gasteiger partial charge >= 0.3 is 6.36 Å². The summed E-state index contributed by atoms with van der Waals surface area (Å²) >= 11 is 3.02. The molecule has 21 heavy (non-hydrogen) atoms. The standard InChI is InChI=1S/C14H11BrF3NO2/c15-11-7-10(5-6-13(11)21-14(16,17)18)20-12-4-2-1-3-9(12)8-19/h1-7H,8,19H2. The monoisotopic (exact) mass is 361 g/mol. The second-order valence-electron chi connectivity index (χ2n) is 4.05. The fourth-order valence-corrected chi connectivity index (χ4v) is 2.09. The maximum absolute atomic E-state index is 12.2. The molecule has 0 spiro atoms. The first-order valence-corrected chi connectivity index (χ1v) is 6.69. The van der Waals surface area contributed by atoms with E-state index in [2.05, 4.69) is 20.7 Å². The van der Waals surface area contributed by atoms with E-state index in [4.69, 9.17) is 10.5 Å². The fraction of sp³-hybridized carbons (Fsp3) is 0.143. The van der Waals surface area contributed by atoms with Gasteiger partial charge in [0.15, 0.2) is 0 Å². The van der Waals surface area contributed by atoms with Gasteiger partial charge in [-0.05, 0) is 40.2 Å². The minimum atomic E-state index is -4.74. The van der Waals surface area contributed by atoms with E-state index in [-0.39, 0.29) is 10.2 Å². The van der Waals surface area contributed by atoms with Crippen LogP contribution in [0.1, 0.15) is 5.56 Å². The molecule has 7 heteroatoms. The summed E-state index contributed by atoms with van der Waals surface area (Å²) in [7, 11) is 0. The molecule has 0 aliphatic heterocycles. The lowest BCUT2D eigenvalue weighted by atomic mass is 10.2. The highest BCUT2D eigenvalue weighted by Gasteiger charge is 2.32. The van der Waals surface area contributed by atoms with Crippen molar-refractivity contribution in [3.05, 3.63) is 52.5 Å². The molecule has 0 fully saturated rings. The van der Waals surface area contributed by atoms with Crippen molar-refractivity contribution >= 4 is 15.9 Å². The predicted molar refractivity (Wildman–Crippen MR) is 75.2 cm³/mol. The summed E-state index contributed by atoms with van der Waals surface area (Å²) in [4.78, 5) is 0. The average Bonchev–Trinajstić information content (AvgIpc) is 2.41. The zero-order valence-corrected chi connectivity index (χ0v) is 12.2. The van der Waals surface area contributed by atoms with Gasteiger partial charge in [-0.25, -0.2) is 0 Å². The smallest absolute Gasteiger partial charge is 0.457 e. The van der Waals surface area contributed by atoms with Crippen LogP contribution >= 0.6 is 15.9 Å². The molecule has 0 aromatic heterocycles. The Hall–Kier alpha value is -1.73. The molecule has 2 aromatic carbocycles. The van der Waals surface area contributed by atoms with Crippen molar-refractivity contribution in [1.29, 1.82) is 0 Å². The van der Waals surface area contributed by atoms with Gasteiger partial charge in [-0.1, -0.05) is 18.2 Å². The van der Waals surface area contributed by atoms with Gasteiger partial charge in [0.1, 0.15) is 17.2 Å². The minimum absolute atomic E-state index is 0.141. The summed E-state index contributed by atoms with van der Waals surface area (Å²) in [5.41, 5.74) is 6.39. The Morgan fingerprint density at radius 1 is 1.05 bits per heavy atom. The number of rotatable bonds is 4. The van der Waals surface area contributed by atoms with Gasteiger partial charge in [0.25, 0.3) is 0 Å². The lowest BCUT2D eigenvalue weighted by Gasteiger charge is -2.13. The van der Waals surface area contributed by atoms with Gasteiger partial charge in [0.05, 0.1) is 4.47 Å². The third kappa shape index (κ3) is 4.37. The summed E-state index contributed by atoms with van der Waals surface area (Å²) in [6.45, 7) is 0.298. The zero-order valence-electron chi connectivity index (χ0n) is 10.7. The van der Waals surface area contributed by atoms with Gasteiger partial charge in [-0.2, -0.15) is 0 Å². The van der Waals surface area contributed by atoms with Crippen LogP contribution in [0.2, 0.25) is 0 Å². The third-order valence-corrected chi connectivity index (χ3v) is 3.17. The Labute approximate surface area is 127 Å². The molecule has 0 radical (unpaired) electrons. The van der Waals surface area contributed by atoms with Crippen LogP contribution in [0, 0.1) is 0 Å². The number of para-hydroxylation sites is 1. The third-order valence-electron chi connectivity index (χ3n) is 2.55. The number of ether oxygens (including phenoxy) is 2. The minimum Gasteiger partial charge on any atom is -0.457 e. The summed E-state index contributed by atoms with van der Waals surface area (Å²) in [5, 5.41) is 0. The second kappa shape index (κ2) is 6.36. The molecule has 0 atom stereocenters. The number of nitrogens with two attached hydrogens (primary N) is 1. The molecule has 0 aliphatic rings. The van der Waals surface area contributed by atoms with Crippen molar-refractivity contribution in [1.82, 2.24) is 0 Å². The van der Waals surface area contributed by atoms with Crippen LogP contribution in [0.5, 0.6) is 17.2 Å². The zero-order chi connectivity index (χ0) is 15.5. The summed E-state index contributed by atoms with van der Waals surface area (Å²) in [6, 6.07) is 11.1. The van der Waals surface area contributed by atoms with Gasteiger partial charge in [0, 0.05) is 12.1 Å². The molecule has 2 aromatic rings. The second-order valence-corrected chi connectivity index (χ2v) is 4.91. The summed E-state index contributed by atoms with van der Waals surface area (Å²) in [6.07, 6.45) is -4.74. The fourth-order valence-electron chi connectivity index (χ4n) is 1.65. The van der Waals surface area contributed by atoms with Crippen LogP contribution in [0.3, 0.4) is 0 Å². The first-order valence-electron chi connectivity index (χ1n) is 5.90. The summed E-state index contributed by atoms with van der Waals surface area (Å²) < 4.78 is 46.2. The molecule has 0 saturated heterocycles. The van der Waals surface area contributed by atoms with E-state index in [1.807, 2.05) is 12.1 Å². The van der Waals surface area contributed by atoms with Crippen LogP contribution < -0.4 is 15.2 Å². The number of hydrogen-bond acceptors (Lipinski definition) is 3. The molecule has 0 heterocycles. The predicted octanol–water partition coefficient (Wildman–Crippen LogP) is 4.60. The Morgan fingerprint density at radius 3 is 2.38 bits per heavy atom. The van der Waals surface area contributed by atoms with Gasteiger partial charge in [0.2, 0.25) is 0 Å². The van der Waals surface area contributed by atoms with Gasteiger partial charge in [-0.15, -0.1) is 13.2 Å². The largest absolute Gasteiger partial charge is 0.573 e. The molecule has 2 rings (SSSR count). The van der Waals surface area contributed by atoms with Crippen LogP contribution in [0.4, 0.5) is 13.2 Å². The van der Waals surface area contributed by atoms with Gasteiger partial charge in [-0.3, -0.25) is 0 Å². The maximum Gasteiger partial charge on any atom is 0.573 e. The Morgan fingerprint density at radius 2 is 1.76 bits per heavy atom. The van der Waals surface area contributed by atoms with E-state index in [0.717, 1.165) is 5.56 Å². The number of benzene rings is 2. The average molecular weight is 362 g/mol. The molecule has 0 saturated carbocycles. The molecule has 3 nitrogen and oxygen atoms in total. The van der Waals surface area contributed by atoms with Crippen LogP contribution in [0.25, 0.3) is 0 Å². The first kappa shape index (κ1) is 15.7. The van der Waals surface area contributed by atoms with Crippen LogP contribution in [0.15, 0.2) is 46.9 Å². The van der Waals surface area contributed by atoms with Crippen molar-refractivity contribution in [2.24, 2.45) is 5.73 Å². The van der Waals surface area contributed by atoms with Crippen molar-refractivity contribution in [3.63, 3.8) is 0 Å². The van der Waals surface area contributed by atoms with E-state index < -0.39 is 6.36 Å². The molecule has 0 aliphatic carbocycles. The first-order chi connectivity index (χ1) is 9.89. The number of alkyl halides is 3. The SMILES string of the molecule is NCc1ccccc1Oc1ccc(OC(F)(F)F)c(Br)c1. The van der Waals surface area contributed by atoms with Crippen molar-refractivity contribution in [3.8, 4) is 17.2 Å². The van der Waals surface area contributed by atoms with E-state index >= 15 is 0 Å². The van der Waals surface area contributed by atoms with E-state index in [9.17, 15) is 13.2 Å². The van der Waals surface area contributed by atoms with Crippen LogP contribution in [-0.4, -0.2) is 6.36 Å². The Balaban J connectivity index is 2.21. The molecular weight excluding hydrogens is 351 g/mol. The molecule has 2 N–H and O–H groups in total. The van der Waals surface area contributed by atoms with Gasteiger partial charge < -0.3 is 15.2 Å². The van der Waals surface area contributed by atoms with Crippen molar-refractivity contribution in [2.45, 2.75) is 12.9 Å².